The number of carbonyl (C=O) groups is 2. The SMILES string of the molecule is CCN(CC)C(=O)CCCCCCCCC(=O)O. The number of aliphatic carboxylic acids is 1. The summed E-state index contributed by atoms with van der Waals surface area (Å²) in [5.74, 6) is -0.453. The lowest BCUT2D eigenvalue weighted by Gasteiger charge is -2.18. The Hall–Kier alpha value is -1.06. The van der Waals surface area contributed by atoms with Gasteiger partial charge in [-0.25, -0.2) is 0 Å². The Balaban J connectivity index is 3.35. The fraction of sp³-hybridized carbons (Fsp3) is 0.857. The van der Waals surface area contributed by atoms with Crippen molar-refractivity contribution in [2.45, 2.75) is 65.2 Å². The molecule has 0 atom stereocenters. The van der Waals surface area contributed by atoms with E-state index in [1.807, 2.05) is 18.7 Å². The van der Waals surface area contributed by atoms with E-state index in [1.165, 1.54) is 0 Å². The van der Waals surface area contributed by atoms with Crippen LogP contribution in [0.1, 0.15) is 65.2 Å². The van der Waals surface area contributed by atoms with E-state index in [4.69, 9.17) is 5.11 Å². The molecule has 106 valence electrons. The first kappa shape index (κ1) is 16.9. The molecule has 4 heteroatoms. The van der Waals surface area contributed by atoms with E-state index in [1.54, 1.807) is 0 Å². The molecule has 0 aliphatic heterocycles. The number of hydrogen-bond donors (Lipinski definition) is 1. The minimum atomic E-state index is -0.709. The fourth-order valence-corrected chi connectivity index (χ4v) is 1.99. The molecular formula is C14H27NO3. The summed E-state index contributed by atoms with van der Waals surface area (Å²) in [5.41, 5.74) is 0. The zero-order chi connectivity index (χ0) is 13.8. The zero-order valence-electron chi connectivity index (χ0n) is 11.8. The van der Waals surface area contributed by atoms with Gasteiger partial charge in [-0.15, -0.1) is 0 Å². The van der Waals surface area contributed by atoms with Gasteiger partial charge in [0.15, 0.2) is 0 Å². The van der Waals surface area contributed by atoms with E-state index in [9.17, 15) is 9.59 Å². The average Bonchev–Trinajstić information content (AvgIpc) is 2.33. The van der Waals surface area contributed by atoms with Crippen LogP contribution in [-0.2, 0) is 9.59 Å². The van der Waals surface area contributed by atoms with Gasteiger partial charge in [-0.3, -0.25) is 9.59 Å². The number of carbonyl (C=O) groups excluding carboxylic acids is 1. The van der Waals surface area contributed by atoms with Crippen molar-refractivity contribution in [2.24, 2.45) is 0 Å². The largest absolute Gasteiger partial charge is 0.481 e. The summed E-state index contributed by atoms with van der Waals surface area (Å²) in [7, 11) is 0. The van der Waals surface area contributed by atoms with Crippen LogP contribution in [0.15, 0.2) is 0 Å². The zero-order valence-corrected chi connectivity index (χ0v) is 11.8. The number of amides is 1. The van der Waals surface area contributed by atoms with Crippen molar-refractivity contribution in [1.82, 2.24) is 4.90 Å². The van der Waals surface area contributed by atoms with Crippen molar-refractivity contribution < 1.29 is 14.7 Å². The number of nitrogens with zero attached hydrogens (tertiary/aromatic N) is 1. The third-order valence-electron chi connectivity index (χ3n) is 3.15. The van der Waals surface area contributed by atoms with Gasteiger partial charge in [0, 0.05) is 25.9 Å². The van der Waals surface area contributed by atoms with E-state index in [0.717, 1.165) is 51.6 Å². The Labute approximate surface area is 110 Å². The Morgan fingerprint density at radius 2 is 1.28 bits per heavy atom. The van der Waals surface area contributed by atoms with Crippen molar-refractivity contribution >= 4 is 11.9 Å². The number of rotatable bonds is 11. The minimum Gasteiger partial charge on any atom is -0.481 e. The maximum absolute atomic E-state index is 11.7. The maximum Gasteiger partial charge on any atom is 0.303 e. The molecule has 4 nitrogen and oxygen atoms in total. The van der Waals surface area contributed by atoms with Gasteiger partial charge >= 0.3 is 5.97 Å². The molecule has 0 saturated carbocycles. The monoisotopic (exact) mass is 257 g/mol. The number of unbranched alkanes of at least 4 members (excludes halogenated alkanes) is 5. The molecule has 0 aromatic rings. The van der Waals surface area contributed by atoms with Crippen LogP contribution in [0, 0.1) is 0 Å². The Morgan fingerprint density at radius 3 is 1.72 bits per heavy atom. The molecule has 0 aliphatic rings. The van der Waals surface area contributed by atoms with Gasteiger partial charge in [0.2, 0.25) is 5.91 Å². The van der Waals surface area contributed by atoms with Crippen LogP contribution in [0.3, 0.4) is 0 Å². The van der Waals surface area contributed by atoms with E-state index < -0.39 is 5.97 Å². The van der Waals surface area contributed by atoms with Gasteiger partial charge in [0.1, 0.15) is 0 Å². The van der Waals surface area contributed by atoms with E-state index >= 15 is 0 Å². The van der Waals surface area contributed by atoms with Crippen LogP contribution in [0.2, 0.25) is 0 Å². The van der Waals surface area contributed by atoms with E-state index in [0.29, 0.717) is 6.42 Å². The second-order valence-corrected chi connectivity index (χ2v) is 4.58. The van der Waals surface area contributed by atoms with Gasteiger partial charge in [0.05, 0.1) is 0 Å². The third kappa shape index (κ3) is 9.02. The Bertz CT molecular complexity index is 237. The summed E-state index contributed by atoms with van der Waals surface area (Å²) in [6, 6.07) is 0. The highest BCUT2D eigenvalue weighted by Crippen LogP contribution is 2.09. The first-order valence-electron chi connectivity index (χ1n) is 7.11. The van der Waals surface area contributed by atoms with Crippen molar-refractivity contribution in [3.8, 4) is 0 Å². The van der Waals surface area contributed by atoms with Crippen LogP contribution in [0.4, 0.5) is 0 Å². The molecule has 0 fully saturated rings. The highest BCUT2D eigenvalue weighted by atomic mass is 16.4. The molecule has 0 radical (unpaired) electrons. The molecule has 0 bridgehead atoms. The Kier molecular flexibility index (Phi) is 10.4. The lowest BCUT2D eigenvalue weighted by atomic mass is 10.1. The lowest BCUT2D eigenvalue weighted by Crippen LogP contribution is -2.30. The van der Waals surface area contributed by atoms with Crippen molar-refractivity contribution in [3.63, 3.8) is 0 Å². The molecule has 1 amide bonds. The molecule has 0 rings (SSSR count). The summed E-state index contributed by atoms with van der Waals surface area (Å²) >= 11 is 0. The first-order valence-corrected chi connectivity index (χ1v) is 7.11. The molecule has 0 saturated heterocycles. The van der Waals surface area contributed by atoms with E-state index in [-0.39, 0.29) is 12.3 Å². The minimum absolute atomic E-state index is 0.255. The molecule has 0 heterocycles. The van der Waals surface area contributed by atoms with Crippen LogP contribution in [0.5, 0.6) is 0 Å². The molecule has 0 unspecified atom stereocenters. The molecule has 0 aromatic heterocycles. The Morgan fingerprint density at radius 1 is 0.833 bits per heavy atom. The molecule has 1 N–H and O–H groups in total. The molecule has 0 aromatic carbocycles. The second kappa shape index (κ2) is 11.1. The summed E-state index contributed by atoms with van der Waals surface area (Å²) < 4.78 is 0. The van der Waals surface area contributed by atoms with Crippen LogP contribution >= 0.6 is 0 Å². The molecule has 0 spiro atoms. The maximum atomic E-state index is 11.7. The highest BCUT2D eigenvalue weighted by Gasteiger charge is 2.08. The molecule has 18 heavy (non-hydrogen) atoms. The normalized spacial score (nSPS) is 10.3. The van der Waals surface area contributed by atoms with Crippen LogP contribution in [-0.4, -0.2) is 35.0 Å². The van der Waals surface area contributed by atoms with Gasteiger partial charge in [-0.05, 0) is 26.7 Å². The smallest absolute Gasteiger partial charge is 0.303 e. The third-order valence-corrected chi connectivity index (χ3v) is 3.15. The van der Waals surface area contributed by atoms with Gasteiger partial charge in [-0.2, -0.15) is 0 Å². The molecular weight excluding hydrogens is 230 g/mol. The lowest BCUT2D eigenvalue weighted by molar-refractivity contribution is -0.137. The predicted molar refractivity (Wildman–Crippen MR) is 72.5 cm³/mol. The van der Waals surface area contributed by atoms with Crippen molar-refractivity contribution in [1.29, 1.82) is 0 Å². The predicted octanol–water partition coefficient (Wildman–Crippen LogP) is 3.06. The number of carboxylic acid groups (broad SMARTS) is 1. The number of carboxylic acids is 1. The standard InChI is InChI=1S/C14H27NO3/c1-3-15(4-2)13(16)11-9-7-5-6-8-10-12-14(17)18/h3-12H2,1-2H3,(H,17,18). The quantitative estimate of drug-likeness (QED) is 0.579. The van der Waals surface area contributed by atoms with Crippen molar-refractivity contribution in [3.05, 3.63) is 0 Å². The summed E-state index contributed by atoms with van der Waals surface area (Å²) in [5, 5.41) is 8.47. The highest BCUT2D eigenvalue weighted by molar-refractivity contribution is 5.76. The van der Waals surface area contributed by atoms with E-state index in [2.05, 4.69) is 0 Å². The van der Waals surface area contributed by atoms with Crippen molar-refractivity contribution in [2.75, 3.05) is 13.1 Å². The summed E-state index contributed by atoms with van der Waals surface area (Å²) in [6.45, 7) is 5.60. The topological polar surface area (TPSA) is 57.6 Å². The first-order chi connectivity index (χ1) is 8.61. The fourth-order valence-electron chi connectivity index (χ4n) is 1.99. The molecule has 0 aliphatic carbocycles. The van der Waals surface area contributed by atoms with Gasteiger partial charge in [-0.1, -0.05) is 25.7 Å². The summed E-state index contributed by atoms with van der Waals surface area (Å²) in [6.07, 6.45) is 6.88. The van der Waals surface area contributed by atoms with Crippen LogP contribution in [0.25, 0.3) is 0 Å². The average molecular weight is 257 g/mol. The van der Waals surface area contributed by atoms with Gasteiger partial charge < -0.3 is 10.0 Å². The van der Waals surface area contributed by atoms with Gasteiger partial charge in [0.25, 0.3) is 0 Å². The van der Waals surface area contributed by atoms with Crippen LogP contribution < -0.4 is 0 Å². The number of hydrogen-bond acceptors (Lipinski definition) is 2. The second-order valence-electron chi connectivity index (χ2n) is 4.58. The summed E-state index contributed by atoms with van der Waals surface area (Å²) in [4.78, 5) is 23.8.